The Balaban J connectivity index is 2.40. The highest BCUT2D eigenvalue weighted by atomic mass is 16.5. The summed E-state index contributed by atoms with van der Waals surface area (Å²) in [6.07, 6.45) is 0. The predicted octanol–water partition coefficient (Wildman–Crippen LogP) is 3.48. The summed E-state index contributed by atoms with van der Waals surface area (Å²) in [7, 11) is 0. The molecule has 1 aromatic rings. The van der Waals surface area contributed by atoms with Gasteiger partial charge in [0.15, 0.2) is 0 Å². The van der Waals surface area contributed by atoms with Crippen LogP contribution in [0.2, 0.25) is 0 Å². The van der Waals surface area contributed by atoms with Gasteiger partial charge in [0.2, 0.25) is 0 Å². The quantitative estimate of drug-likeness (QED) is 0.739. The number of benzene rings is 1. The Morgan fingerprint density at radius 1 is 1.20 bits per heavy atom. The lowest BCUT2D eigenvalue weighted by Gasteiger charge is -2.21. The van der Waals surface area contributed by atoms with E-state index in [1.165, 1.54) is 11.1 Å². The third kappa shape index (κ3) is 7.04. The molecule has 114 valence electrons. The highest BCUT2D eigenvalue weighted by molar-refractivity contribution is 5.25. The van der Waals surface area contributed by atoms with Crippen molar-refractivity contribution < 1.29 is 9.47 Å². The van der Waals surface area contributed by atoms with Gasteiger partial charge in [-0.15, -0.1) is 0 Å². The van der Waals surface area contributed by atoms with Gasteiger partial charge in [-0.05, 0) is 39.8 Å². The monoisotopic (exact) mass is 279 g/mol. The number of rotatable bonds is 8. The highest BCUT2D eigenvalue weighted by Crippen LogP contribution is 2.15. The van der Waals surface area contributed by atoms with Crippen LogP contribution in [0, 0.1) is 6.92 Å². The van der Waals surface area contributed by atoms with Gasteiger partial charge in [-0.2, -0.15) is 0 Å². The minimum Gasteiger partial charge on any atom is -0.377 e. The number of nitrogens with one attached hydrogen (secondary N) is 1. The zero-order valence-electron chi connectivity index (χ0n) is 13.5. The lowest BCUT2D eigenvalue weighted by Crippen LogP contribution is -2.27. The average molecular weight is 279 g/mol. The fourth-order valence-corrected chi connectivity index (χ4v) is 2.01. The second kappa shape index (κ2) is 8.40. The topological polar surface area (TPSA) is 30.5 Å². The standard InChI is InChI=1S/C17H29NO2/c1-6-18-16(15-9-7-8-14(2)12-15)13-19-10-11-20-17(3,4)5/h7-9,12,16,18H,6,10-11,13H2,1-5H3. The van der Waals surface area contributed by atoms with Crippen molar-refractivity contribution in [1.29, 1.82) is 0 Å². The molecule has 1 rings (SSSR count). The molecule has 1 N–H and O–H groups in total. The van der Waals surface area contributed by atoms with Crippen molar-refractivity contribution in [3.63, 3.8) is 0 Å². The van der Waals surface area contributed by atoms with Gasteiger partial charge >= 0.3 is 0 Å². The van der Waals surface area contributed by atoms with E-state index in [0.717, 1.165) is 6.54 Å². The zero-order chi connectivity index (χ0) is 15.0. The summed E-state index contributed by atoms with van der Waals surface area (Å²) >= 11 is 0. The molecule has 3 nitrogen and oxygen atoms in total. The largest absolute Gasteiger partial charge is 0.377 e. The normalized spacial score (nSPS) is 13.4. The van der Waals surface area contributed by atoms with Gasteiger partial charge in [0, 0.05) is 0 Å². The molecule has 0 bridgehead atoms. The van der Waals surface area contributed by atoms with Crippen molar-refractivity contribution in [1.82, 2.24) is 5.32 Å². The first kappa shape index (κ1) is 17.2. The Kier molecular flexibility index (Phi) is 7.20. The summed E-state index contributed by atoms with van der Waals surface area (Å²) in [4.78, 5) is 0. The minimum atomic E-state index is -0.0963. The van der Waals surface area contributed by atoms with Crippen LogP contribution in [0.15, 0.2) is 24.3 Å². The van der Waals surface area contributed by atoms with Crippen LogP contribution in [0.1, 0.15) is 44.9 Å². The number of aryl methyl sites for hydroxylation is 1. The summed E-state index contributed by atoms with van der Waals surface area (Å²) in [5, 5.41) is 3.47. The van der Waals surface area contributed by atoms with Gasteiger partial charge in [0.05, 0.1) is 31.5 Å². The molecule has 0 saturated heterocycles. The van der Waals surface area contributed by atoms with Crippen molar-refractivity contribution in [2.45, 2.75) is 46.3 Å². The highest BCUT2D eigenvalue weighted by Gasteiger charge is 2.12. The first-order valence-corrected chi connectivity index (χ1v) is 7.44. The molecule has 20 heavy (non-hydrogen) atoms. The molecule has 0 radical (unpaired) electrons. The molecule has 1 unspecified atom stereocenters. The molecular formula is C17H29NO2. The van der Waals surface area contributed by atoms with Crippen LogP contribution in [0.25, 0.3) is 0 Å². The lowest BCUT2D eigenvalue weighted by atomic mass is 10.1. The molecule has 0 saturated carbocycles. The molecule has 0 amide bonds. The Morgan fingerprint density at radius 3 is 2.55 bits per heavy atom. The van der Waals surface area contributed by atoms with Crippen molar-refractivity contribution in [3.8, 4) is 0 Å². The fraction of sp³-hybridized carbons (Fsp3) is 0.647. The second-order valence-corrected chi connectivity index (χ2v) is 6.06. The van der Waals surface area contributed by atoms with E-state index in [2.05, 4.69) is 64.2 Å². The first-order chi connectivity index (χ1) is 9.42. The average Bonchev–Trinajstić information content (AvgIpc) is 2.36. The smallest absolute Gasteiger partial charge is 0.0707 e. The maximum Gasteiger partial charge on any atom is 0.0707 e. The van der Waals surface area contributed by atoms with Crippen LogP contribution in [0.3, 0.4) is 0 Å². The van der Waals surface area contributed by atoms with Crippen LogP contribution < -0.4 is 5.32 Å². The van der Waals surface area contributed by atoms with Crippen molar-refractivity contribution in [2.24, 2.45) is 0 Å². The van der Waals surface area contributed by atoms with E-state index in [0.29, 0.717) is 19.8 Å². The summed E-state index contributed by atoms with van der Waals surface area (Å²) < 4.78 is 11.4. The molecule has 0 aromatic heterocycles. The molecular weight excluding hydrogens is 250 g/mol. The second-order valence-electron chi connectivity index (χ2n) is 6.06. The van der Waals surface area contributed by atoms with E-state index in [4.69, 9.17) is 9.47 Å². The Labute approximate surface area is 123 Å². The predicted molar refractivity (Wildman–Crippen MR) is 84.1 cm³/mol. The van der Waals surface area contributed by atoms with Gasteiger partial charge in [-0.3, -0.25) is 0 Å². The molecule has 3 heteroatoms. The van der Waals surface area contributed by atoms with Gasteiger partial charge < -0.3 is 14.8 Å². The molecule has 0 aliphatic rings. The van der Waals surface area contributed by atoms with E-state index >= 15 is 0 Å². The number of hydrogen-bond acceptors (Lipinski definition) is 3. The number of ether oxygens (including phenoxy) is 2. The molecule has 0 fully saturated rings. The maximum absolute atomic E-state index is 5.75. The van der Waals surface area contributed by atoms with E-state index < -0.39 is 0 Å². The molecule has 1 atom stereocenters. The third-order valence-corrected chi connectivity index (χ3v) is 2.94. The molecule has 0 spiro atoms. The van der Waals surface area contributed by atoms with Gasteiger partial charge in [0.25, 0.3) is 0 Å². The molecule has 1 aromatic carbocycles. The van der Waals surface area contributed by atoms with E-state index in [1.54, 1.807) is 0 Å². The van der Waals surface area contributed by atoms with Crippen LogP contribution in [0.4, 0.5) is 0 Å². The zero-order valence-corrected chi connectivity index (χ0v) is 13.5. The fourth-order valence-electron chi connectivity index (χ4n) is 2.01. The van der Waals surface area contributed by atoms with Gasteiger partial charge in [-0.25, -0.2) is 0 Å². The van der Waals surface area contributed by atoms with Crippen LogP contribution in [-0.4, -0.2) is 32.0 Å². The minimum absolute atomic E-state index is 0.0963. The SMILES string of the molecule is CCNC(COCCOC(C)(C)C)c1cccc(C)c1. The van der Waals surface area contributed by atoms with E-state index in [1.807, 2.05) is 0 Å². The number of hydrogen-bond donors (Lipinski definition) is 1. The Hall–Kier alpha value is -0.900. The summed E-state index contributed by atoms with van der Waals surface area (Å²) in [6, 6.07) is 8.81. The maximum atomic E-state index is 5.75. The summed E-state index contributed by atoms with van der Waals surface area (Å²) in [5.41, 5.74) is 2.46. The summed E-state index contributed by atoms with van der Waals surface area (Å²) in [5.74, 6) is 0. The van der Waals surface area contributed by atoms with Crippen LogP contribution in [-0.2, 0) is 9.47 Å². The molecule has 0 heterocycles. The van der Waals surface area contributed by atoms with Crippen molar-refractivity contribution in [3.05, 3.63) is 35.4 Å². The van der Waals surface area contributed by atoms with E-state index in [9.17, 15) is 0 Å². The van der Waals surface area contributed by atoms with Crippen molar-refractivity contribution >= 4 is 0 Å². The van der Waals surface area contributed by atoms with Crippen molar-refractivity contribution in [2.75, 3.05) is 26.4 Å². The first-order valence-electron chi connectivity index (χ1n) is 7.44. The lowest BCUT2D eigenvalue weighted by molar-refractivity contribution is -0.0373. The summed E-state index contributed by atoms with van der Waals surface area (Å²) in [6.45, 7) is 13.3. The van der Waals surface area contributed by atoms with Gasteiger partial charge in [-0.1, -0.05) is 36.8 Å². The molecule has 0 aliphatic heterocycles. The molecule has 0 aliphatic carbocycles. The van der Waals surface area contributed by atoms with Crippen LogP contribution in [0.5, 0.6) is 0 Å². The Bertz CT molecular complexity index is 385. The Morgan fingerprint density at radius 2 is 1.95 bits per heavy atom. The van der Waals surface area contributed by atoms with E-state index in [-0.39, 0.29) is 11.6 Å². The van der Waals surface area contributed by atoms with Gasteiger partial charge in [0.1, 0.15) is 0 Å². The van der Waals surface area contributed by atoms with Crippen LogP contribution >= 0.6 is 0 Å². The number of likely N-dealkylation sites (N-methyl/N-ethyl adjacent to an activating group) is 1. The third-order valence-electron chi connectivity index (χ3n) is 2.94.